The van der Waals surface area contributed by atoms with E-state index in [1.807, 2.05) is 25.1 Å². The first kappa shape index (κ1) is 18.2. The van der Waals surface area contributed by atoms with Gasteiger partial charge in [0.05, 0.1) is 11.9 Å². The number of rotatable bonds is 5. The molecule has 136 valence electrons. The van der Waals surface area contributed by atoms with Crippen LogP contribution in [0.2, 0.25) is 5.02 Å². The molecule has 0 aliphatic carbocycles. The number of pyridine rings is 1. The molecule has 1 aromatic carbocycles. The van der Waals surface area contributed by atoms with Gasteiger partial charge in [-0.05, 0) is 50.6 Å². The van der Waals surface area contributed by atoms with E-state index in [-0.39, 0.29) is 16.5 Å². The van der Waals surface area contributed by atoms with Crippen molar-refractivity contribution in [3.8, 4) is 0 Å². The molecular weight excluding hydrogens is 376 g/mol. The maximum atomic E-state index is 12.5. The van der Waals surface area contributed by atoms with E-state index in [1.54, 1.807) is 26.0 Å². The molecule has 0 saturated carbocycles. The number of hydrogen-bond acceptors (Lipinski definition) is 6. The molecule has 0 atom stereocenters. The van der Waals surface area contributed by atoms with Crippen molar-refractivity contribution in [1.82, 2.24) is 10.1 Å². The lowest BCUT2D eigenvalue weighted by Gasteiger charge is -2.10. The van der Waals surface area contributed by atoms with Crippen molar-refractivity contribution in [2.24, 2.45) is 0 Å². The molecule has 9 heteroatoms. The first-order chi connectivity index (χ1) is 12.3. The van der Waals surface area contributed by atoms with Crippen LogP contribution in [0.1, 0.15) is 17.0 Å². The molecule has 0 radical (unpaired) electrons. The van der Waals surface area contributed by atoms with E-state index in [9.17, 15) is 8.42 Å². The highest BCUT2D eigenvalue weighted by Gasteiger charge is 2.24. The SMILES string of the molecule is Cc1ccc(Nc2ccc(NS(=O)(=O)c3c(C)noc3C)nc2)cc1Cl. The van der Waals surface area contributed by atoms with Crippen molar-refractivity contribution in [3.63, 3.8) is 0 Å². The van der Waals surface area contributed by atoms with Gasteiger partial charge in [0.25, 0.3) is 10.0 Å². The summed E-state index contributed by atoms with van der Waals surface area (Å²) in [6.45, 7) is 5.04. The predicted molar refractivity (Wildman–Crippen MR) is 100 cm³/mol. The van der Waals surface area contributed by atoms with E-state index in [0.29, 0.717) is 16.4 Å². The summed E-state index contributed by atoms with van der Waals surface area (Å²) in [5.41, 5.74) is 2.79. The summed E-state index contributed by atoms with van der Waals surface area (Å²) in [4.78, 5) is 4.16. The van der Waals surface area contributed by atoms with Crippen molar-refractivity contribution >= 4 is 38.8 Å². The van der Waals surface area contributed by atoms with E-state index in [0.717, 1.165) is 11.3 Å². The Morgan fingerprint density at radius 1 is 1.08 bits per heavy atom. The molecule has 0 bridgehead atoms. The Morgan fingerprint density at radius 3 is 2.38 bits per heavy atom. The number of aromatic nitrogens is 2. The van der Waals surface area contributed by atoms with Gasteiger partial charge in [-0.1, -0.05) is 22.8 Å². The van der Waals surface area contributed by atoms with Crippen molar-refractivity contribution in [3.05, 3.63) is 58.6 Å². The van der Waals surface area contributed by atoms with Crippen LogP contribution in [0.3, 0.4) is 0 Å². The van der Waals surface area contributed by atoms with Gasteiger partial charge in [-0.2, -0.15) is 0 Å². The quantitative estimate of drug-likeness (QED) is 0.675. The highest BCUT2D eigenvalue weighted by atomic mass is 35.5. The number of aryl methyl sites for hydroxylation is 3. The average molecular weight is 393 g/mol. The number of hydrogen-bond donors (Lipinski definition) is 2. The van der Waals surface area contributed by atoms with E-state index in [4.69, 9.17) is 16.1 Å². The Balaban J connectivity index is 1.76. The van der Waals surface area contributed by atoms with E-state index in [1.165, 1.54) is 6.20 Å². The largest absolute Gasteiger partial charge is 0.360 e. The van der Waals surface area contributed by atoms with Crippen LogP contribution in [0.25, 0.3) is 0 Å². The zero-order chi connectivity index (χ0) is 18.9. The highest BCUT2D eigenvalue weighted by molar-refractivity contribution is 7.92. The summed E-state index contributed by atoms with van der Waals surface area (Å²) in [6.07, 6.45) is 1.53. The van der Waals surface area contributed by atoms with Crippen molar-refractivity contribution in [2.75, 3.05) is 10.0 Å². The van der Waals surface area contributed by atoms with E-state index >= 15 is 0 Å². The molecule has 0 spiro atoms. The van der Waals surface area contributed by atoms with E-state index in [2.05, 4.69) is 20.2 Å². The summed E-state index contributed by atoms with van der Waals surface area (Å²) in [7, 11) is -3.82. The van der Waals surface area contributed by atoms with Crippen LogP contribution in [-0.4, -0.2) is 18.6 Å². The van der Waals surface area contributed by atoms with Crippen molar-refractivity contribution in [2.45, 2.75) is 25.7 Å². The number of anilines is 3. The second-order valence-electron chi connectivity index (χ2n) is 5.78. The third kappa shape index (κ3) is 3.81. The maximum absolute atomic E-state index is 12.5. The second-order valence-corrected chi connectivity index (χ2v) is 7.81. The fraction of sp³-hybridized carbons (Fsp3) is 0.176. The third-order valence-corrected chi connectivity index (χ3v) is 5.70. The topological polar surface area (TPSA) is 97.1 Å². The van der Waals surface area contributed by atoms with Gasteiger partial charge >= 0.3 is 0 Å². The van der Waals surface area contributed by atoms with E-state index < -0.39 is 10.0 Å². The molecule has 0 unspecified atom stereocenters. The molecule has 26 heavy (non-hydrogen) atoms. The Hall–Kier alpha value is -2.58. The minimum atomic E-state index is -3.82. The molecule has 0 fully saturated rings. The summed E-state index contributed by atoms with van der Waals surface area (Å²) in [5, 5.41) is 7.48. The zero-order valence-electron chi connectivity index (χ0n) is 14.4. The third-order valence-electron chi connectivity index (χ3n) is 3.70. The Bertz CT molecular complexity index is 1030. The van der Waals surface area contributed by atoms with Gasteiger partial charge in [-0.25, -0.2) is 13.4 Å². The highest BCUT2D eigenvalue weighted by Crippen LogP contribution is 2.25. The summed E-state index contributed by atoms with van der Waals surface area (Å²) in [5.74, 6) is 0.419. The lowest BCUT2D eigenvalue weighted by Crippen LogP contribution is -2.15. The van der Waals surface area contributed by atoms with Crippen LogP contribution >= 0.6 is 11.6 Å². The molecule has 3 rings (SSSR count). The van der Waals surface area contributed by atoms with Gasteiger partial charge in [0, 0.05) is 10.7 Å². The zero-order valence-corrected chi connectivity index (χ0v) is 15.9. The van der Waals surface area contributed by atoms with Crippen LogP contribution in [0.15, 0.2) is 45.9 Å². The number of benzene rings is 1. The van der Waals surface area contributed by atoms with Gasteiger partial charge < -0.3 is 9.84 Å². The minimum absolute atomic E-state index is 0.0239. The minimum Gasteiger partial charge on any atom is -0.360 e. The summed E-state index contributed by atoms with van der Waals surface area (Å²) < 4.78 is 32.3. The van der Waals surface area contributed by atoms with Gasteiger partial charge in [0.15, 0.2) is 10.7 Å². The molecule has 0 aliphatic rings. The number of sulfonamides is 1. The average Bonchev–Trinajstić information content (AvgIpc) is 2.92. The Morgan fingerprint density at radius 2 is 1.81 bits per heavy atom. The maximum Gasteiger partial charge on any atom is 0.268 e. The molecule has 2 aromatic heterocycles. The number of halogens is 1. The van der Waals surface area contributed by atoms with Gasteiger partial charge in [0.1, 0.15) is 11.5 Å². The summed E-state index contributed by atoms with van der Waals surface area (Å²) in [6, 6.07) is 8.89. The second kappa shape index (κ2) is 6.97. The molecule has 2 heterocycles. The predicted octanol–water partition coefficient (Wildman–Crippen LogP) is 4.19. The van der Waals surface area contributed by atoms with Crippen molar-refractivity contribution in [1.29, 1.82) is 0 Å². The normalized spacial score (nSPS) is 11.4. The molecule has 2 N–H and O–H groups in total. The smallest absolute Gasteiger partial charge is 0.268 e. The van der Waals surface area contributed by atoms with Gasteiger partial charge in [-0.3, -0.25) is 4.72 Å². The molecule has 3 aromatic rings. The fourth-order valence-corrected chi connectivity index (χ4v) is 3.93. The van der Waals surface area contributed by atoms with Crippen LogP contribution in [0.5, 0.6) is 0 Å². The fourth-order valence-electron chi connectivity index (χ4n) is 2.41. The number of nitrogens with one attached hydrogen (secondary N) is 2. The monoisotopic (exact) mass is 392 g/mol. The van der Waals surface area contributed by atoms with Crippen LogP contribution < -0.4 is 10.0 Å². The Kier molecular flexibility index (Phi) is 4.88. The summed E-state index contributed by atoms with van der Waals surface area (Å²) >= 11 is 6.11. The molecule has 0 saturated heterocycles. The van der Waals surface area contributed by atoms with Crippen LogP contribution in [0.4, 0.5) is 17.2 Å². The van der Waals surface area contributed by atoms with Crippen LogP contribution in [-0.2, 0) is 10.0 Å². The van der Waals surface area contributed by atoms with Crippen LogP contribution in [0, 0.1) is 20.8 Å². The molecule has 0 amide bonds. The van der Waals surface area contributed by atoms with Gasteiger partial charge in [-0.15, -0.1) is 0 Å². The molecule has 7 nitrogen and oxygen atoms in total. The first-order valence-electron chi connectivity index (χ1n) is 7.71. The lowest BCUT2D eigenvalue weighted by molar-refractivity contribution is 0.390. The van der Waals surface area contributed by atoms with Gasteiger partial charge in [0.2, 0.25) is 0 Å². The lowest BCUT2D eigenvalue weighted by atomic mass is 10.2. The number of nitrogens with zero attached hydrogens (tertiary/aromatic N) is 2. The molecule has 0 aliphatic heterocycles. The Labute approximate surface area is 156 Å². The standard InChI is InChI=1S/C17H17ClN4O3S/c1-10-4-5-13(8-15(10)18)20-14-6-7-16(19-9-14)22-26(23,24)17-11(2)21-25-12(17)3/h4-9,20H,1-3H3,(H,19,22). The molecular formula is C17H17ClN4O3S. The van der Waals surface area contributed by atoms with Crippen molar-refractivity contribution < 1.29 is 12.9 Å². The first-order valence-corrected chi connectivity index (χ1v) is 9.57.